The predicted octanol–water partition coefficient (Wildman–Crippen LogP) is 2.29. The van der Waals surface area contributed by atoms with E-state index >= 15 is 0 Å². The number of aliphatic carboxylic acids is 1. The van der Waals surface area contributed by atoms with Gasteiger partial charge in [-0.3, -0.25) is 0 Å². The van der Waals surface area contributed by atoms with Crippen molar-refractivity contribution in [2.45, 2.75) is 19.9 Å². The number of amides is 2. The number of carbonyl (C=O) groups excluding carboxylic acids is 1. The van der Waals surface area contributed by atoms with Crippen LogP contribution in [0.5, 0.6) is 0 Å². The standard InChI is InChI=1S/C13H16N2O3S/c1-8-3-9(2)5-10(4-8)14-13(18)15-7-19-6-11(15)12(16)17/h3-5,11H,6-7H2,1-2H3,(H,14,18)(H,16,17). The lowest BCUT2D eigenvalue weighted by atomic mass is 10.1. The van der Waals surface area contributed by atoms with E-state index in [-0.39, 0.29) is 6.03 Å². The third-order valence-corrected chi connectivity index (χ3v) is 3.91. The number of nitrogens with one attached hydrogen (secondary N) is 1. The number of carboxylic acid groups (broad SMARTS) is 1. The van der Waals surface area contributed by atoms with E-state index in [1.807, 2.05) is 32.0 Å². The number of urea groups is 1. The number of nitrogens with zero attached hydrogens (tertiary/aromatic N) is 1. The van der Waals surface area contributed by atoms with Crippen molar-refractivity contribution < 1.29 is 14.7 Å². The highest BCUT2D eigenvalue weighted by molar-refractivity contribution is 7.99. The number of carboxylic acids is 1. The first-order valence-corrected chi connectivity index (χ1v) is 7.09. The van der Waals surface area contributed by atoms with Crippen LogP contribution < -0.4 is 5.32 Å². The maximum Gasteiger partial charge on any atom is 0.327 e. The van der Waals surface area contributed by atoms with Gasteiger partial charge in [0.2, 0.25) is 0 Å². The van der Waals surface area contributed by atoms with Crippen LogP contribution >= 0.6 is 11.8 Å². The van der Waals surface area contributed by atoms with Crippen LogP contribution in [-0.4, -0.2) is 39.7 Å². The number of thioether (sulfide) groups is 1. The fourth-order valence-corrected chi connectivity index (χ4v) is 3.23. The lowest BCUT2D eigenvalue weighted by molar-refractivity contribution is -0.140. The van der Waals surface area contributed by atoms with Crippen molar-refractivity contribution in [3.8, 4) is 0 Å². The summed E-state index contributed by atoms with van der Waals surface area (Å²) in [4.78, 5) is 24.5. The third-order valence-electron chi connectivity index (χ3n) is 2.90. The Bertz CT molecular complexity index is 498. The second-order valence-electron chi connectivity index (χ2n) is 4.63. The Labute approximate surface area is 116 Å². The van der Waals surface area contributed by atoms with E-state index in [0.29, 0.717) is 17.3 Å². The number of hydrogen-bond donors (Lipinski definition) is 2. The minimum atomic E-state index is -0.958. The number of benzene rings is 1. The van der Waals surface area contributed by atoms with E-state index in [9.17, 15) is 9.59 Å². The highest BCUT2D eigenvalue weighted by Gasteiger charge is 2.34. The molecule has 2 amide bonds. The highest BCUT2D eigenvalue weighted by Crippen LogP contribution is 2.22. The van der Waals surface area contributed by atoms with Gasteiger partial charge in [-0.2, -0.15) is 0 Å². The third kappa shape index (κ3) is 3.20. The molecule has 102 valence electrons. The Kier molecular flexibility index (Phi) is 3.99. The highest BCUT2D eigenvalue weighted by atomic mass is 32.2. The molecule has 0 spiro atoms. The van der Waals surface area contributed by atoms with Crippen LogP contribution in [0.3, 0.4) is 0 Å². The summed E-state index contributed by atoms with van der Waals surface area (Å²) in [6, 6.07) is 4.65. The van der Waals surface area contributed by atoms with Crippen molar-refractivity contribution in [2.75, 3.05) is 16.9 Å². The molecule has 1 atom stereocenters. The summed E-state index contributed by atoms with van der Waals surface area (Å²) in [6.45, 7) is 3.91. The first kappa shape index (κ1) is 13.7. The van der Waals surface area contributed by atoms with Crippen molar-refractivity contribution in [3.05, 3.63) is 29.3 Å². The van der Waals surface area contributed by atoms with Gasteiger partial charge in [-0.1, -0.05) is 6.07 Å². The molecule has 1 aliphatic rings. The Morgan fingerprint density at radius 2 is 1.95 bits per heavy atom. The van der Waals surface area contributed by atoms with E-state index in [0.717, 1.165) is 11.1 Å². The lowest BCUT2D eigenvalue weighted by Crippen LogP contribution is -2.43. The predicted molar refractivity (Wildman–Crippen MR) is 75.5 cm³/mol. The molecule has 1 heterocycles. The van der Waals surface area contributed by atoms with Crippen molar-refractivity contribution in [2.24, 2.45) is 0 Å². The quantitative estimate of drug-likeness (QED) is 0.872. The minimum absolute atomic E-state index is 0.359. The Balaban J connectivity index is 2.10. The number of hydrogen-bond acceptors (Lipinski definition) is 3. The van der Waals surface area contributed by atoms with Gasteiger partial charge >= 0.3 is 12.0 Å². The minimum Gasteiger partial charge on any atom is -0.480 e. The first-order valence-electron chi connectivity index (χ1n) is 5.94. The molecule has 2 N–H and O–H groups in total. The molecule has 5 nitrogen and oxygen atoms in total. The number of rotatable bonds is 2. The average Bonchev–Trinajstić information content (AvgIpc) is 2.75. The van der Waals surface area contributed by atoms with Crippen LogP contribution in [0.1, 0.15) is 11.1 Å². The van der Waals surface area contributed by atoms with E-state index in [4.69, 9.17) is 5.11 Å². The fourth-order valence-electron chi connectivity index (χ4n) is 2.09. The zero-order chi connectivity index (χ0) is 14.0. The summed E-state index contributed by atoms with van der Waals surface area (Å²) in [5.74, 6) is -0.107. The zero-order valence-electron chi connectivity index (χ0n) is 10.8. The number of aryl methyl sites for hydroxylation is 2. The van der Waals surface area contributed by atoms with Crippen LogP contribution in [0, 0.1) is 13.8 Å². The SMILES string of the molecule is Cc1cc(C)cc(NC(=O)N2CSCC2C(=O)O)c1. The average molecular weight is 280 g/mol. The van der Waals surface area contributed by atoms with Gasteiger partial charge < -0.3 is 15.3 Å². The maximum absolute atomic E-state index is 12.1. The van der Waals surface area contributed by atoms with Crippen LogP contribution in [0.4, 0.5) is 10.5 Å². The van der Waals surface area contributed by atoms with E-state index in [1.165, 1.54) is 16.7 Å². The molecule has 1 aromatic rings. The fraction of sp³-hybridized carbons (Fsp3) is 0.385. The second kappa shape index (κ2) is 5.52. The Morgan fingerprint density at radius 3 is 2.53 bits per heavy atom. The van der Waals surface area contributed by atoms with Gasteiger partial charge in [-0.15, -0.1) is 11.8 Å². The van der Waals surface area contributed by atoms with Gasteiger partial charge in [0.05, 0.1) is 5.88 Å². The van der Waals surface area contributed by atoms with E-state index < -0.39 is 12.0 Å². The smallest absolute Gasteiger partial charge is 0.327 e. The van der Waals surface area contributed by atoms with Crippen molar-refractivity contribution in [1.82, 2.24) is 4.90 Å². The van der Waals surface area contributed by atoms with Crippen molar-refractivity contribution in [3.63, 3.8) is 0 Å². The van der Waals surface area contributed by atoms with Crippen LogP contribution in [0.2, 0.25) is 0 Å². The van der Waals surface area contributed by atoms with Gasteiger partial charge in [-0.05, 0) is 37.1 Å². The summed E-state index contributed by atoms with van der Waals surface area (Å²) in [7, 11) is 0. The molecule has 0 radical (unpaired) electrons. The molecule has 1 unspecified atom stereocenters. The van der Waals surface area contributed by atoms with E-state index in [1.54, 1.807) is 0 Å². The van der Waals surface area contributed by atoms with Gasteiger partial charge in [0.1, 0.15) is 6.04 Å². The zero-order valence-corrected chi connectivity index (χ0v) is 11.7. The molecule has 0 aromatic heterocycles. The van der Waals surface area contributed by atoms with Crippen LogP contribution in [0.15, 0.2) is 18.2 Å². The first-order chi connectivity index (χ1) is 8.97. The molecular formula is C13H16N2O3S. The molecule has 1 saturated heterocycles. The molecule has 19 heavy (non-hydrogen) atoms. The van der Waals surface area contributed by atoms with Crippen molar-refractivity contribution >= 4 is 29.4 Å². The second-order valence-corrected chi connectivity index (χ2v) is 5.63. The molecule has 0 saturated carbocycles. The number of anilines is 1. The summed E-state index contributed by atoms with van der Waals surface area (Å²) in [5, 5.41) is 11.8. The molecule has 1 aliphatic heterocycles. The Morgan fingerprint density at radius 1 is 1.32 bits per heavy atom. The normalized spacial score (nSPS) is 18.4. The topological polar surface area (TPSA) is 69.6 Å². The summed E-state index contributed by atoms with van der Waals surface area (Å²) < 4.78 is 0. The monoisotopic (exact) mass is 280 g/mol. The summed E-state index contributed by atoms with van der Waals surface area (Å²) in [6.07, 6.45) is 0. The van der Waals surface area contributed by atoms with E-state index in [2.05, 4.69) is 5.32 Å². The maximum atomic E-state index is 12.1. The molecule has 0 bridgehead atoms. The molecule has 1 aromatic carbocycles. The van der Waals surface area contributed by atoms with Gasteiger partial charge in [0.15, 0.2) is 0 Å². The molecule has 6 heteroatoms. The largest absolute Gasteiger partial charge is 0.480 e. The van der Waals surface area contributed by atoms with Crippen LogP contribution in [-0.2, 0) is 4.79 Å². The van der Waals surface area contributed by atoms with Crippen LogP contribution in [0.25, 0.3) is 0 Å². The molecule has 1 fully saturated rings. The van der Waals surface area contributed by atoms with Gasteiger partial charge in [-0.25, -0.2) is 9.59 Å². The summed E-state index contributed by atoms with van der Waals surface area (Å²) >= 11 is 1.45. The lowest BCUT2D eigenvalue weighted by Gasteiger charge is -2.21. The molecule has 0 aliphatic carbocycles. The number of carbonyl (C=O) groups is 2. The summed E-state index contributed by atoms with van der Waals surface area (Å²) in [5.41, 5.74) is 2.81. The van der Waals surface area contributed by atoms with Crippen molar-refractivity contribution in [1.29, 1.82) is 0 Å². The van der Waals surface area contributed by atoms with Gasteiger partial charge in [0.25, 0.3) is 0 Å². The Hall–Kier alpha value is -1.69. The molecule has 2 rings (SSSR count). The van der Waals surface area contributed by atoms with Gasteiger partial charge in [0, 0.05) is 11.4 Å². The molecular weight excluding hydrogens is 264 g/mol.